The standard InChI is InChI=1S/C12H21NO6/c1(10-4-17-10)14-7-13(8-15-2-11-5-18-11)9-16-3-12-6-19-12/h10-12H,1-9H2. The lowest BCUT2D eigenvalue weighted by atomic mass is 10.5. The second-order valence-corrected chi connectivity index (χ2v) is 5.04. The fraction of sp³-hybridized carbons (Fsp3) is 1.00. The largest absolute Gasteiger partial charge is 0.371 e. The summed E-state index contributed by atoms with van der Waals surface area (Å²) in [4.78, 5) is 1.97. The van der Waals surface area contributed by atoms with Crippen molar-refractivity contribution in [1.29, 1.82) is 0 Å². The molecule has 0 aromatic heterocycles. The van der Waals surface area contributed by atoms with E-state index in [4.69, 9.17) is 28.4 Å². The van der Waals surface area contributed by atoms with Crippen LogP contribution >= 0.6 is 0 Å². The molecule has 0 aromatic rings. The Morgan fingerprint density at radius 2 is 1.00 bits per heavy atom. The van der Waals surface area contributed by atoms with Crippen LogP contribution in [0.25, 0.3) is 0 Å². The monoisotopic (exact) mass is 275 g/mol. The van der Waals surface area contributed by atoms with Crippen LogP contribution in [-0.4, -0.2) is 83.0 Å². The lowest BCUT2D eigenvalue weighted by Crippen LogP contribution is -2.33. The summed E-state index contributed by atoms with van der Waals surface area (Å²) < 4.78 is 31.9. The minimum absolute atomic E-state index is 0.281. The van der Waals surface area contributed by atoms with Gasteiger partial charge in [0.25, 0.3) is 0 Å². The van der Waals surface area contributed by atoms with Gasteiger partial charge in [0.05, 0.1) is 39.6 Å². The molecule has 3 aliphatic heterocycles. The van der Waals surface area contributed by atoms with Gasteiger partial charge in [0.1, 0.15) is 38.5 Å². The van der Waals surface area contributed by atoms with Crippen molar-refractivity contribution < 1.29 is 28.4 Å². The Morgan fingerprint density at radius 3 is 1.26 bits per heavy atom. The molecular formula is C12H21NO6. The fourth-order valence-corrected chi connectivity index (χ4v) is 1.54. The number of hydrogen-bond donors (Lipinski definition) is 0. The number of epoxide rings is 3. The number of hydrogen-bond acceptors (Lipinski definition) is 7. The van der Waals surface area contributed by atoms with E-state index in [1.807, 2.05) is 4.90 Å². The quantitative estimate of drug-likeness (QED) is 0.348. The molecule has 3 atom stereocenters. The predicted molar refractivity (Wildman–Crippen MR) is 63.5 cm³/mol. The molecule has 0 radical (unpaired) electrons. The molecule has 3 unspecified atom stereocenters. The summed E-state index contributed by atoms with van der Waals surface area (Å²) in [5.74, 6) is 0. The van der Waals surface area contributed by atoms with E-state index in [0.29, 0.717) is 40.0 Å². The first-order chi connectivity index (χ1) is 9.40. The van der Waals surface area contributed by atoms with Crippen LogP contribution in [0.5, 0.6) is 0 Å². The van der Waals surface area contributed by atoms with E-state index in [2.05, 4.69) is 0 Å². The third-order valence-electron chi connectivity index (χ3n) is 2.94. The first-order valence-electron chi connectivity index (χ1n) is 6.70. The van der Waals surface area contributed by atoms with Gasteiger partial charge in [-0.05, 0) is 0 Å². The van der Waals surface area contributed by atoms with Crippen LogP contribution in [0.15, 0.2) is 0 Å². The van der Waals surface area contributed by atoms with Gasteiger partial charge >= 0.3 is 0 Å². The van der Waals surface area contributed by atoms with Crippen LogP contribution in [0.4, 0.5) is 0 Å². The summed E-state index contributed by atoms with van der Waals surface area (Å²) in [6.07, 6.45) is 0.843. The zero-order valence-electron chi connectivity index (χ0n) is 11.0. The molecule has 0 N–H and O–H groups in total. The fourth-order valence-electron chi connectivity index (χ4n) is 1.54. The summed E-state index contributed by atoms with van der Waals surface area (Å²) in [6, 6.07) is 0. The zero-order valence-corrected chi connectivity index (χ0v) is 11.0. The number of nitrogens with zero attached hydrogens (tertiary/aromatic N) is 1. The van der Waals surface area contributed by atoms with E-state index in [9.17, 15) is 0 Å². The highest BCUT2D eigenvalue weighted by molar-refractivity contribution is 4.68. The summed E-state index contributed by atoms with van der Waals surface area (Å²) >= 11 is 0. The average molecular weight is 275 g/mol. The highest BCUT2D eigenvalue weighted by atomic mass is 16.6. The van der Waals surface area contributed by atoms with Crippen molar-refractivity contribution in [3.05, 3.63) is 0 Å². The van der Waals surface area contributed by atoms with Crippen LogP contribution in [0.1, 0.15) is 0 Å². The lowest BCUT2D eigenvalue weighted by molar-refractivity contribution is -0.102. The molecule has 0 bridgehead atoms. The van der Waals surface area contributed by atoms with Gasteiger partial charge in [0.2, 0.25) is 0 Å². The molecule has 0 aromatic carbocycles. The molecule has 3 rings (SSSR count). The van der Waals surface area contributed by atoms with Crippen molar-refractivity contribution in [2.45, 2.75) is 18.3 Å². The topological polar surface area (TPSA) is 68.5 Å². The van der Waals surface area contributed by atoms with Crippen molar-refractivity contribution in [2.24, 2.45) is 0 Å². The Hall–Kier alpha value is -0.280. The van der Waals surface area contributed by atoms with Gasteiger partial charge < -0.3 is 28.4 Å². The van der Waals surface area contributed by atoms with Gasteiger partial charge in [0.15, 0.2) is 0 Å². The molecule has 3 heterocycles. The Bertz CT molecular complexity index is 224. The van der Waals surface area contributed by atoms with E-state index in [0.717, 1.165) is 19.8 Å². The first kappa shape index (κ1) is 13.7. The second kappa shape index (κ2) is 6.94. The van der Waals surface area contributed by atoms with Gasteiger partial charge in [-0.2, -0.15) is 0 Å². The van der Waals surface area contributed by atoms with Crippen LogP contribution in [0.3, 0.4) is 0 Å². The highest BCUT2D eigenvalue weighted by Gasteiger charge is 2.25. The Balaban J connectivity index is 1.26. The lowest BCUT2D eigenvalue weighted by Gasteiger charge is -2.21. The molecule has 7 nitrogen and oxygen atoms in total. The van der Waals surface area contributed by atoms with E-state index in [-0.39, 0.29) is 18.3 Å². The Morgan fingerprint density at radius 1 is 0.684 bits per heavy atom. The minimum Gasteiger partial charge on any atom is -0.371 e. The van der Waals surface area contributed by atoms with Crippen LogP contribution < -0.4 is 0 Å². The zero-order chi connectivity index (χ0) is 12.9. The van der Waals surface area contributed by atoms with E-state index < -0.39 is 0 Å². The highest BCUT2D eigenvalue weighted by Crippen LogP contribution is 2.11. The smallest absolute Gasteiger partial charge is 0.104 e. The summed E-state index contributed by atoms with van der Waals surface area (Å²) in [5, 5.41) is 0. The Kier molecular flexibility index (Phi) is 5.00. The predicted octanol–water partition coefficient (Wildman–Crippen LogP) is -0.593. The van der Waals surface area contributed by atoms with Crippen molar-refractivity contribution in [1.82, 2.24) is 4.90 Å². The maximum Gasteiger partial charge on any atom is 0.104 e. The molecule has 0 amide bonds. The Labute approximate surface area is 112 Å². The van der Waals surface area contributed by atoms with Gasteiger partial charge in [-0.3, -0.25) is 0 Å². The van der Waals surface area contributed by atoms with Crippen molar-refractivity contribution in [3.8, 4) is 0 Å². The number of ether oxygens (including phenoxy) is 6. The van der Waals surface area contributed by atoms with Gasteiger partial charge in [-0.25, -0.2) is 4.90 Å². The summed E-state index contributed by atoms with van der Waals surface area (Å²) in [6.45, 7) is 5.78. The maximum atomic E-state index is 5.54. The van der Waals surface area contributed by atoms with E-state index >= 15 is 0 Å². The molecule has 110 valence electrons. The van der Waals surface area contributed by atoms with Gasteiger partial charge in [-0.1, -0.05) is 0 Å². The van der Waals surface area contributed by atoms with Gasteiger partial charge in [-0.15, -0.1) is 0 Å². The first-order valence-corrected chi connectivity index (χ1v) is 6.70. The van der Waals surface area contributed by atoms with Gasteiger partial charge in [0, 0.05) is 0 Å². The number of rotatable bonds is 12. The molecule has 19 heavy (non-hydrogen) atoms. The second-order valence-electron chi connectivity index (χ2n) is 5.04. The average Bonchev–Trinajstić information content (AvgIpc) is 3.26. The molecule has 3 fully saturated rings. The third kappa shape index (κ3) is 6.13. The third-order valence-corrected chi connectivity index (χ3v) is 2.94. The SMILES string of the molecule is C(OCN(COCC1CO1)COCC1CO1)C1CO1. The molecular weight excluding hydrogens is 254 g/mol. The van der Waals surface area contributed by atoms with Crippen LogP contribution in [0, 0.1) is 0 Å². The van der Waals surface area contributed by atoms with E-state index in [1.165, 1.54) is 0 Å². The molecule has 7 heteroatoms. The summed E-state index contributed by atoms with van der Waals surface area (Å²) in [7, 11) is 0. The van der Waals surface area contributed by atoms with Crippen LogP contribution in [-0.2, 0) is 28.4 Å². The molecule has 0 aliphatic carbocycles. The molecule has 0 saturated carbocycles. The van der Waals surface area contributed by atoms with Crippen molar-refractivity contribution >= 4 is 0 Å². The molecule has 0 spiro atoms. The molecule has 3 saturated heterocycles. The van der Waals surface area contributed by atoms with Crippen LogP contribution in [0.2, 0.25) is 0 Å². The van der Waals surface area contributed by atoms with Crippen molar-refractivity contribution in [3.63, 3.8) is 0 Å². The normalized spacial score (nSPS) is 31.7. The summed E-state index contributed by atoms with van der Waals surface area (Å²) in [5.41, 5.74) is 0. The maximum absolute atomic E-state index is 5.54. The minimum atomic E-state index is 0.281. The van der Waals surface area contributed by atoms with Crippen molar-refractivity contribution in [2.75, 3.05) is 59.8 Å². The molecule has 3 aliphatic rings. The van der Waals surface area contributed by atoms with E-state index in [1.54, 1.807) is 0 Å².